The minimum absolute atomic E-state index is 0.342. The van der Waals surface area contributed by atoms with Crippen molar-refractivity contribution < 1.29 is 14.3 Å². The Hall–Kier alpha value is -3.21. The SMILES string of the molecule is COc1ccc2c(c1)C(=O)N(c1cccc3cccnc13)C2=O. The highest BCUT2D eigenvalue weighted by atomic mass is 16.5. The zero-order chi connectivity index (χ0) is 16.0. The second-order valence-electron chi connectivity index (χ2n) is 5.21. The summed E-state index contributed by atoms with van der Waals surface area (Å²) in [6.45, 7) is 0. The lowest BCUT2D eigenvalue weighted by atomic mass is 10.1. The molecule has 2 aromatic carbocycles. The van der Waals surface area contributed by atoms with Gasteiger partial charge in [-0.1, -0.05) is 18.2 Å². The first-order valence-corrected chi connectivity index (χ1v) is 7.11. The van der Waals surface area contributed by atoms with Gasteiger partial charge in [-0.3, -0.25) is 14.6 Å². The molecule has 5 nitrogen and oxygen atoms in total. The molecule has 1 aliphatic heterocycles. The quantitative estimate of drug-likeness (QED) is 0.683. The molecule has 1 aliphatic rings. The predicted octanol–water partition coefficient (Wildman–Crippen LogP) is 3.04. The van der Waals surface area contributed by atoms with Crippen molar-refractivity contribution in [3.8, 4) is 5.75 Å². The molecule has 4 rings (SSSR count). The molecule has 2 heterocycles. The second kappa shape index (κ2) is 4.91. The van der Waals surface area contributed by atoms with Crippen molar-refractivity contribution in [1.82, 2.24) is 4.98 Å². The summed E-state index contributed by atoms with van der Waals surface area (Å²) in [7, 11) is 1.52. The zero-order valence-electron chi connectivity index (χ0n) is 12.3. The van der Waals surface area contributed by atoms with Gasteiger partial charge in [-0.15, -0.1) is 0 Å². The van der Waals surface area contributed by atoms with Crippen LogP contribution in [0.15, 0.2) is 54.7 Å². The van der Waals surface area contributed by atoms with Gasteiger partial charge in [0.2, 0.25) is 0 Å². The Labute approximate surface area is 132 Å². The van der Waals surface area contributed by atoms with E-state index < -0.39 is 0 Å². The fraction of sp³-hybridized carbons (Fsp3) is 0.0556. The highest BCUT2D eigenvalue weighted by Gasteiger charge is 2.37. The van der Waals surface area contributed by atoms with E-state index >= 15 is 0 Å². The molecule has 0 aliphatic carbocycles. The molecule has 5 heteroatoms. The molecule has 1 aromatic heterocycles. The third-order valence-corrected chi connectivity index (χ3v) is 3.95. The number of hydrogen-bond donors (Lipinski definition) is 0. The lowest BCUT2D eigenvalue weighted by Crippen LogP contribution is -2.29. The van der Waals surface area contributed by atoms with Gasteiger partial charge in [0.1, 0.15) is 5.75 Å². The summed E-state index contributed by atoms with van der Waals surface area (Å²) in [6, 6.07) is 14.0. The van der Waals surface area contributed by atoms with E-state index in [4.69, 9.17) is 4.74 Å². The number of aromatic nitrogens is 1. The topological polar surface area (TPSA) is 59.5 Å². The van der Waals surface area contributed by atoms with Crippen molar-refractivity contribution in [2.24, 2.45) is 0 Å². The number of benzene rings is 2. The standard InChI is InChI=1S/C18H12N2O3/c1-23-12-7-8-13-14(10-12)18(22)20(17(13)21)15-6-2-4-11-5-3-9-19-16(11)15/h2-10H,1H3. The lowest BCUT2D eigenvalue weighted by Gasteiger charge is -2.15. The van der Waals surface area contributed by atoms with Crippen LogP contribution in [0.4, 0.5) is 5.69 Å². The van der Waals surface area contributed by atoms with E-state index in [1.807, 2.05) is 24.3 Å². The molecule has 0 saturated heterocycles. The zero-order valence-corrected chi connectivity index (χ0v) is 12.3. The Balaban J connectivity index is 1.90. The van der Waals surface area contributed by atoms with E-state index in [9.17, 15) is 9.59 Å². The minimum Gasteiger partial charge on any atom is -0.497 e. The molecular weight excluding hydrogens is 292 g/mol. The number of para-hydroxylation sites is 1. The van der Waals surface area contributed by atoms with Crippen LogP contribution in [-0.2, 0) is 0 Å². The van der Waals surface area contributed by atoms with Crippen LogP contribution in [0, 0.1) is 0 Å². The summed E-state index contributed by atoms with van der Waals surface area (Å²) in [6.07, 6.45) is 1.65. The van der Waals surface area contributed by atoms with Gasteiger partial charge in [-0.05, 0) is 30.3 Å². The monoisotopic (exact) mass is 304 g/mol. The van der Waals surface area contributed by atoms with Crippen LogP contribution >= 0.6 is 0 Å². The number of carbonyl (C=O) groups is 2. The first-order chi connectivity index (χ1) is 11.2. The maximum Gasteiger partial charge on any atom is 0.266 e. The molecule has 0 spiro atoms. The summed E-state index contributed by atoms with van der Waals surface area (Å²) in [4.78, 5) is 30.9. The van der Waals surface area contributed by atoms with Gasteiger partial charge < -0.3 is 4.74 Å². The fourth-order valence-electron chi connectivity index (χ4n) is 2.83. The molecule has 0 unspecified atom stereocenters. The molecule has 2 amide bonds. The Morgan fingerprint density at radius 2 is 1.74 bits per heavy atom. The van der Waals surface area contributed by atoms with Crippen LogP contribution in [0.2, 0.25) is 0 Å². The molecule has 0 fully saturated rings. The van der Waals surface area contributed by atoms with E-state index in [1.165, 1.54) is 12.0 Å². The number of rotatable bonds is 2. The van der Waals surface area contributed by atoms with Gasteiger partial charge in [0, 0.05) is 11.6 Å². The van der Waals surface area contributed by atoms with Crippen LogP contribution in [0.5, 0.6) is 5.75 Å². The summed E-state index contributed by atoms with van der Waals surface area (Å²) in [5, 5.41) is 0.874. The van der Waals surface area contributed by atoms with Crippen molar-refractivity contribution in [2.45, 2.75) is 0 Å². The number of anilines is 1. The molecule has 0 N–H and O–H groups in total. The summed E-state index contributed by atoms with van der Waals surface area (Å²) >= 11 is 0. The molecule has 0 atom stereocenters. The normalized spacial score (nSPS) is 13.5. The van der Waals surface area contributed by atoms with Crippen molar-refractivity contribution in [1.29, 1.82) is 0 Å². The van der Waals surface area contributed by atoms with E-state index in [-0.39, 0.29) is 11.8 Å². The number of amides is 2. The maximum atomic E-state index is 12.7. The van der Waals surface area contributed by atoms with E-state index in [1.54, 1.807) is 30.5 Å². The number of nitrogens with zero attached hydrogens (tertiary/aromatic N) is 2. The first kappa shape index (κ1) is 13.5. The number of ether oxygens (including phenoxy) is 1. The van der Waals surface area contributed by atoms with Crippen molar-refractivity contribution in [3.05, 3.63) is 65.9 Å². The van der Waals surface area contributed by atoms with Crippen molar-refractivity contribution in [2.75, 3.05) is 12.0 Å². The molecule has 112 valence electrons. The van der Waals surface area contributed by atoms with E-state index in [2.05, 4.69) is 4.98 Å². The van der Waals surface area contributed by atoms with Gasteiger partial charge in [-0.25, -0.2) is 4.90 Å². The molecule has 0 bridgehead atoms. The highest BCUT2D eigenvalue weighted by Crippen LogP contribution is 2.33. The maximum absolute atomic E-state index is 12.7. The highest BCUT2D eigenvalue weighted by molar-refractivity contribution is 6.35. The van der Waals surface area contributed by atoms with Crippen LogP contribution in [0.3, 0.4) is 0 Å². The third kappa shape index (κ3) is 1.90. The van der Waals surface area contributed by atoms with Gasteiger partial charge >= 0.3 is 0 Å². The van der Waals surface area contributed by atoms with Crippen LogP contribution < -0.4 is 9.64 Å². The van der Waals surface area contributed by atoms with E-state index in [0.717, 1.165) is 5.39 Å². The number of methoxy groups -OCH3 is 1. The van der Waals surface area contributed by atoms with Gasteiger partial charge in [0.15, 0.2) is 0 Å². The summed E-state index contributed by atoms with van der Waals surface area (Å²) < 4.78 is 5.14. The van der Waals surface area contributed by atoms with Crippen LogP contribution in [0.1, 0.15) is 20.7 Å². The number of pyridine rings is 1. The Morgan fingerprint density at radius 1 is 0.957 bits per heavy atom. The first-order valence-electron chi connectivity index (χ1n) is 7.11. The molecule has 3 aromatic rings. The third-order valence-electron chi connectivity index (χ3n) is 3.95. The van der Waals surface area contributed by atoms with Gasteiger partial charge in [-0.2, -0.15) is 0 Å². The Bertz CT molecular complexity index is 960. The van der Waals surface area contributed by atoms with Crippen molar-refractivity contribution in [3.63, 3.8) is 0 Å². The Morgan fingerprint density at radius 3 is 2.57 bits per heavy atom. The smallest absolute Gasteiger partial charge is 0.266 e. The average Bonchev–Trinajstić information content (AvgIpc) is 2.85. The van der Waals surface area contributed by atoms with Gasteiger partial charge in [0.25, 0.3) is 11.8 Å². The lowest BCUT2D eigenvalue weighted by molar-refractivity contribution is 0.0926. The predicted molar refractivity (Wildman–Crippen MR) is 85.9 cm³/mol. The molecule has 23 heavy (non-hydrogen) atoms. The number of hydrogen-bond acceptors (Lipinski definition) is 4. The Kier molecular flexibility index (Phi) is 2.87. The fourth-order valence-corrected chi connectivity index (χ4v) is 2.83. The van der Waals surface area contributed by atoms with Gasteiger partial charge in [0.05, 0.1) is 29.4 Å². The summed E-state index contributed by atoms with van der Waals surface area (Å²) in [5.74, 6) is -0.157. The largest absolute Gasteiger partial charge is 0.497 e. The summed E-state index contributed by atoms with van der Waals surface area (Å²) in [5.41, 5.74) is 1.84. The number of carbonyl (C=O) groups excluding carboxylic acids is 2. The molecule has 0 saturated carbocycles. The number of fused-ring (bicyclic) bond motifs is 2. The van der Waals surface area contributed by atoms with E-state index in [0.29, 0.717) is 28.1 Å². The molecule has 0 radical (unpaired) electrons. The average molecular weight is 304 g/mol. The van der Waals surface area contributed by atoms with Crippen molar-refractivity contribution >= 4 is 28.4 Å². The van der Waals surface area contributed by atoms with Crippen LogP contribution in [-0.4, -0.2) is 23.9 Å². The molecular formula is C18H12N2O3. The minimum atomic E-state index is -0.359. The number of imide groups is 1. The van der Waals surface area contributed by atoms with Crippen LogP contribution in [0.25, 0.3) is 10.9 Å². The second-order valence-corrected chi connectivity index (χ2v) is 5.21.